The van der Waals surface area contributed by atoms with E-state index >= 15 is 0 Å². The van der Waals surface area contributed by atoms with Crippen LogP contribution in [0.2, 0.25) is 0 Å². The Balaban J connectivity index is 1.45. The van der Waals surface area contributed by atoms with Crippen LogP contribution in [-0.4, -0.2) is 25.7 Å². The van der Waals surface area contributed by atoms with E-state index in [9.17, 15) is 12.8 Å². The summed E-state index contributed by atoms with van der Waals surface area (Å²) < 4.78 is 41.2. The van der Waals surface area contributed by atoms with E-state index in [2.05, 4.69) is 9.71 Å². The summed E-state index contributed by atoms with van der Waals surface area (Å²) in [7, 11) is -3.36. The molecule has 0 spiro atoms. The number of nitrogens with one attached hydrogen (secondary N) is 2. The lowest BCUT2D eigenvalue weighted by Crippen LogP contribution is -2.34. The lowest BCUT2D eigenvalue weighted by Gasteiger charge is -2.16. The molecule has 0 atom stereocenters. The highest BCUT2D eigenvalue weighted by Crippen LogP contribution is 2.50. The van der Waals surface area contributed by atoms with Gasteiger partial charge in [0.1, 0.15) is 5.82 Å². The van der Waals surface area contributed by atoms with Gasteiger partial charge in [-0.05, 0) is 48.6 Å². The zero-order valence-electron chi connectivity index (χ0n) is 14.3. The highest BCUT2D eigenvalue weighted by atomic mass is 32.2. The minimum atomic E-state index is -3.36. The standard InChI is InChI=1S/C20H21FN2O2S/c21-16-6-7-19-17(12-16)18(13-22-19)20(9-10-20)14-23-26(24,25)11-8-15-4-2-1-3-5-15/h1-7,12-13,22-23H,8-11,14H2. The van der Waals surface area contributed by atoms with Crippen molar-refractivity contribution in [1.82, 2.24) is 9.71 Å². The van der Waals surface area contributed by atoms with Crippen LogP contribution in [0, 0.1) is 5.82 Å². The van der Waals surface area contributed by atoms with Crippen molar-refractivity contribution in [2.24, 2.45) is 0 Å². The molecule has 0 bridgehead atoms. The Morgan fingerprint density at radius 3 is 2.62 bits per heavy atom. The number of aromatic nitrogens is 1. The van der Waals surface area contributed by atoms with Crippen LogP contribution in [-0.2, 0) is 21.9 Å². The quantitative estimate of drug-likeness (QED) is 0.667. The Hall–Kier alpha value is -2.18. The van der Waals surface area contributed by atoms with Gasteiger partial charge in [-0.1, -0.05) is 30.3 Å². The van der Waals surface area contributed by atoms with Gasteiger partial charge in [0.25, 0.3) is 0 Å². The maximum Gasteiger partial charge on any atom is 0.211 e. The lowest BCUT2D eigenvalue weighted by molar-refractivity contribution is 0.567. The van der Waals surface area contributed by atoms with Gasteiger partial charge in [-0.3, -0.25) is 0 Å². The lowest BCUT2D eigenvalue weighted by atomic mass is 9.96. The molecule has 0 saturated heterocycles. The Bertz CT molecular complexity index is 1020. The Labute approximate surface area is 152 Å². The second-order valence-corrected chi connectivity index (χ2v) is 8.97. The van der Waals surface area contributed by atoms with Crippen molar-refractivity contribution in [3.05, 3.63) is 71.7 Å². The fourth-order valence-corrected chi connectivity index (χ4v) is 4.59. The number of hydrogen-bond acceptors (Lipinski definition) is 2. The molecule has 2 N–H and O–H groups in total. The first-order valence-corrected chi connectivity index (χ1v) is 10.4. The molecule has 6 heteroatoms. The monoisotopic (exact) mass is 372 g/mol. The zero-order chi connectivity index (χ0) is 18.2. The summed E-state index contributed by atoms with van der Waals surface area (Å²) in [5, 5.41) is 0.839. The molecule has 3 aromatic rings. The van der Waals surface area contributed by atoms with Crippen LogP contribution in [0.15, 0.2) is 54.7 Å². The topological polar surface area (TPSA) is 62.0 Å². The molecule has 1 aromatic heterocycles. The summed E-state index contributed by atoms with van der Waals surface area (Å²) in [6.45, 7) is 0.355. The number of rotatable bonds is 7. The molecular formula is C20H21FN2O2S. The number of benzene rings is 2. The number of halogens is 1. The Morgan fingerprint density at radius 1 is 1.12 bits per heavy atom. The van der Waals surface area contributed by atoms with Crippen LogP contribution >= 0.6 is 0 Å². The number of sulfonamides is 1. The van der Waals surface area contributed by atoms with E-state index in [0.29, 0.717) is 13.0 Å². The normalized spacial score (nSPS) is 16.0. The molecule has 4 rings (SSSR count). The number of H-pyrrole nitrogens is 1. The van der Waals surface area contributed by atoms with Gasteiger partial charge in [-0.15, -0.1) is 0 Å². The smallest absolute Gasteiger partial charge is 0.211 e. The predicted octanol–water partition coefficient (Wildman–Crippen LogP) is 3.50. The molecule has 0 aliphatic heterocycles. The first kappa shape index (κ1) is 17.2. The molecule has 4 nitrogen and oxygen atoms in total. The Kier molecular flexibility index (Phi) is 4.32. The summed E-state index contributed by atoms with van der Waals surface area (Å²) in [4.78, 5) is 3.16. The third-order valence-electron chi connectivity index (χ3n) is 5.20. The first-order valence-electron chi connectivity index (χ1n) is 8.76. The summed E-state index contributed by atoms with van der Waals surface area (Å²) in [6, 6.07) is 14.2. The SMILES string of the molecule is O=S(=O)(CCc1ccccc1)NCC1(c2c[nH]c3ccc(F)cc23)CC1. The van der Waals surface area contributed by atoms with Gasteiger partial charge in [-0.2, -0.15) is 0 Å². The summed E-state index contributed by atoms with van der Waals surface area (Å²) in [5.74, 6) is -0.215. The van der Waals surface area contributed by atoms with E-state index in [4.69, 9.17) is 0 Å². The maximum atomic E-state index is 13.6. The molecule has 1 aliphatic rings. The van der Waals surface area contributed by atoms with E-state index in [0.717, 1.165) is 34.9 Å². The van der Waals surface area contributed by atoms with Gasteiger partial charge in [0.15, 0.2) is 0 Å². The molecule has 1 fully saturated rings. The van der Waals surface area contributed by atoms with Crippen molar-refractivity contribution < 1.29 is 12.8 Å². The van der Waals surface area contributed by atoms with Crippen LogP contribution in [0.1, 0.15) is 24.0 Å². The third kappa shape index (κ3) is 3.52. The second kappa shape index (κ2) is 6.52. The molecular weight excluding hydrogens is 351 g/mol. The van der Waals surface area contributed by atoms with Crippen molar-refractivity contribution in [3.8, 4) is 0 Å². The maximum absolute atomic E-state index is 13.6. The molecule has 1 aliphatic carbocycles. The van der Waals surface area contributed by atoms with Gasteiger partial charge in [-0.25, -0.2) is 17.5 Å². The van der Waals surface area contributed by atoms with Crippen molar-refractivity contribution in [3.63, 3.8) is 0 Å². The molecule has 0 unspecified atom stereocenters. The average molecular weight is 372 g/mol. The zero-order valence-corrected chi connectivity index (χ0v) is 15.2. The van der Waals surface area contributed by atoms with E-state index in [-0.39, 0.29) is 17.0 Å². The van der Waals surface area contributed by atoms with E-state index in [1.807, 2.05) is 36.5 Å². The summed E-state index contributed by atoms with van der Waals surface area (Å²) in [5.41, 5.74) is 2.65. The number of aryl methyl sites for hydroxylation is 1. The minimum Gasteiger partial charge on any atom is -0.361 e. The van der Waals surface area contributed by atoms with Crippen molar-refractivity contribution in [2.75, 3.05) is 12.3 Å². The first-order chi connectivity index (χ1) is 12.5. The van der Waals surface area contributed by atoms with Crippen LogP contribution in [0.25, 0.3) is 10.9 Å². The fourth-order valence-electron chi connectivity index (χ4n) is 3.44. The van der Waals surface area contributed by atoms with Gasteiger partial charge in [0.05, 0.1) is 5.75 Å². The van der Waals surface area contributed by atoms with Crippen LogP contribution in [0.3, 0.4) is 0 Å². The van der Waals surface area contributed by atoms with Crippen molar-refractivity contribution in [1.29, 1.82) is 0 Å². The van der Waals surface area contributed by atoms with Crippen molar-refractivity contribution in [2.45, 2.75) is 24.7 Å². The highest BCUT2D eigenvalue weighted by Gasteiger charge is 2.46. The number of fused-ring (bicyclic) bond motifs is 1. The minimum absolute atomic E-state index is 0.0651. The van der Waals surface area contributed by atoms with Gasteiger partial charge in [0.2, 0.25) is 10.0 Å². The highest BCUT2D eigenvalue weighted by molar-refractivity contribution is 7.89. The van der Waals surface area contributed by atoms with Crippen LogP contribution in [0.4, 0.5) is 4.39 Å². The van der Waals surface area contributed by atoms with E-state index in [1.165, 1.54) is 12.1 Å². The van der Waals surface area contributed by atoms with Crippen molar-refractivity contribution >= 4 is 20.9 Å². The van der Waals surface area contributed by atoms with Gasteiger partial charge >= 0.3 is 0 Å². The molecule has 1 heterocycles. The van der Waals surface area contributed by atoms with Crippen LogP contribution < -0.4 is 4.72 Å². The van der Waals surface area contributed by atoms with Gasteiger partial charge in [0, 0.05) is 29.1 Å². The van der Waals surface area contributed by atoms with E-state index < -0.39 is 10.0 Å². The third-order valence-corrected chi connectivity index (χ3v) is 6.53. The molecule has 1 saturated carbocycles. The number of aromatic amines is 1. The molecule has 0 amide bonds. The van der Waals surface area contributed by atoms with Crippen LogP contribution in [0.5, 0.6) is 0 Å². The van der Waals surface area contributed by atoms with Gasteiger partial charge < -0.3 is 4.98 Å². The molecule has 136 valence electrons. The predicted molar refractivity (Wildman–Crippen MR) is 101 cm³/mol. The van der Waals surface area contributed by atoms with E-state index in [1.54, 1.807) is 6.07 Å². The molecule has 26 heavy (non-hydrogen) atoms. The Morgan fingerprint density at radius 2 is 1.88 bits per heavy atom. The largest absolute Gasteiger partial charge is 0.361 e. The average Bonchev–Trinajstić information content (AvgIpc) is 3.31. The molecule has 0 radical (unpaired) electrons. The molecule has 2 aromatic carbocycles. The fraction of sp³-hybridized carbons (Fsp3) is 0.300. The summed E-state index contributed by atoms with van der Waals surface area (Å²) >= 11 is 0. The second-order valence-electron chi connectivity index (χ2n) is 7.05. The number of hydrogen-bond donors (Lipinski definition) is 2. The summed E-state index contributed by atoms with van der Waals surface area (Å²) in [6.07, 6.45) is 4.17.